The summed E-state index contributed by atoms with van der Waals surface area (Å²) >= 11 is 0. The van der Waals surface area contributed by atoms with Gasteiger partial charge in [0.25, 0.3) is 0 Å². The van der Waals surface area contributed by atoms with Crippen LogP contribution in [-0.4, -0.2) is 23.3 Å². The van der Waals surface area contributed by atoms with E-state index in [9.17, 15) is 0 Å². The number of pyridine rings is 1. The summed E-state index contributed by atoms with van der Waals surface area (Å²) in [5.41, 5.74) is 7.39. The Hall–Kier alpha value is -1.17. The van der Waals surface area contributed by atoms with E-state index < -0.39 is 0 Å². The lowest BCUT2D eigenvalue weighted by Crippen LogP contribution is -2.41. The van der Waals surface area contributed by atoms with Gasteiger partial charge in [-0.2, -0.15) is 0 Å². The van der Waals surface area contributed by atoms with Crippen molar-refractivity contribution < 1.29 is 9.31 Å². The van der Waals surface area contributed by atoms with Gasteiger partial charge in [0.15, 0.2) is 0 Å². The molecule has 1 saturated heterocycles. The predicted molar refractivity (Wildman–Crippen MR) is 86.6 cm³/mol. The van der Waals surface area contributed by atoms with Gasteiger partial charge in [0, 0.05) is 12.2 Å². The number of hydrogen-bond donors (Lipinski definition) is 1. The smallest absolute Gasteiger partial charge is 0.400 e. The molecule has 1 aliphatic heterocycles. The van der Waals surface area contributed by atoms with Crippen LogP contribution in [0.4, 0.5) is 0 Å². The molecule has 4 nitrogen and oxygen atoms in total. The molecule has 1 atom stereocenters. The maximum absolute atomic E-state index is 6.11. The van der Waals surface area contributed by atoms with E-state index in [0.717, 1.165) is 17.7 Å². The lowest BCUT2D eigenvalue weighted by Gasteiger charge is -2.32. The first-order valence-corrected chi connectivity index (χ1v) is 7.51. The maximum Gasteiger partial charge on any atom is 0.487 e. The third-order valence-electron chi connectivity index (χ3n) is 4.37. The number of rotatable bonds is 4. The molecule has 1 unspecified atom stereocenters. The fraction of sp³-hybridized carbons (Fsp3) is 0.562. The van der Waals surface area contributed by atoms with Crippen LogP contribution in [0.5, 0.6) is 0 Å². The van der Waals surface area contributed by atoms with Gasteiger partial charge in [-0.25, -0.2) is 0 Å². The summed E-state index contributed by atoms with van der Waals surface area (Å²) in [7, 11) is -0.346. The van der Waals surface area contributed by atoms with Crippen LogP contribution in [0.3, 0.4) is 0 Å². The molecule has 0 aromatic carbocycles. The van der Waals surface area contributed by atoms with Crippen LogP contribution in [0, 0.1) is 0 Å². The van der Waals surface area contributed by atoms with E-state index in [1.807, 2.05) is 51.9 Å². The molecule has 2 heterocycles. The fourth-order valence-electron chi connectivity index (χ4n) is 2.22. The van der Waals surface area contributed by atoms with Gasteiger partial charge in [0.1, 0.15) is 0 Å². The molecule has 1 fully saturated rings. The molecular formula is C16H25BN2O2. The molecule has 21 heavy (non-hydrogen) atoms. The molecule has 2 N–H and O–H groups in total. The monoisotopic (exact) mass is 288 g/mol. The molecule has 0 radical (unpaired) electrons. The van der Waals surface area contributed by atoms with Crippen molar-refractivity contribution in [3.63, 3.8) is 0 Å². The van der Waals surface area contributed by atoms with Crippen molar-refractivity contribution in [2.24, 2.45) is 5.73 Å². The van der Waals surface area contributed by atoms with Crippen molar-refractivity contribution >= 4 is 13.2 Å². The Kier molecular flexibility index (Phi) is 4.56. The second-order valence-electron chi connectivity index (χ2n) is 6.48. The minimum Gasteiger partial charge on any atom is -0.400 e. The van der Waals surface area contributed by atoms with Crippen LogP contribution in [0.15, 0.2) is 24.3 Å². The summed E-state index contributed by atoms with van der Waals surface area (Å²) in [5, 5.41) is 0. The Morgan fingerprint density at radius 1 is 1.29 bits per heavy atom. The Morgan fingerprint density at radius 2 is 1.90 bits per heavy atom. The molecule has 2 rings (SSSR count). The number of aromatic nitrogens is 1. The molecule has 1 aromatic rings. The predicted octanol–water partition coefficient (Wildman–Crippen LogP) is 3.14. The quantitative estimate of drug-likeness (QED) is 0.865. The molecule has 0 amide bonds. The van der Waals surface area contributed by atoms with Crippen LogP contribution in [-0.2, 0) is 9.31 Å². The van der Waals surface area contributed by atoms with E-state index in [1.165, 1.54) is 0 Å². The minimum atomic E-state index is -0.346. The van der Waals surface area contributed by atoms with Gasteiger partial charge < -0.3 is 15.0 Å². The molecule has 5 heteroatoms. The van der Waals surface area contributed by atoms with E-state index in [2.05, 4.69) is 11.9 Å². The minimum absolute atomic E-state index is 0.0517. The largest absolute Gasteiger partial charge is 0.487 e. The summed E-state index contributed by atoms with van der Waals surface area (Å²) in [5.74, 6) is 1.93. The van der Waals surface area contributed by atoms with Gasteiger partial charge in [-0.1, -0.05) is 25.0 Å². The van der Waals surface area contributed by atoms with Gasteiger partial charge in [-0.05, 0) is 45.7 Å². The van der Waals surface area contributed by atoms with Gasteiger partial charge in [0.05, 0.1) is 16.9 Å². The van der Waals surface area contributed by atoms with E-state index in [-0.39, 0.29) is 24.4 Å². The Labute approximate surface area is 127 Å². The van der Waals surface area contributed by atoms with Crippen LogP contribution >= 0.6 is 0 Å². The summed E-state index contributed by atoms with van der Waals surface area (Å²) in [6.45, 7) is 10.2. The van der Waals surface area contributed by atoms with Gasteiger partial charge in [-0.3, -0.25) is 4.98 Å². The van der Waals surface area contributed by atoms with E-state index in [0.29, 0.717) is 0 Å². The molecular weight excluding hydrogens is 263 g/mol. The van der Waals surface area contributed by atoms with Crippen molar-refractivity contribution in [1.29, 1.82) is 0 Å². The lowest BCUT2D eigenvalue weighted by molar-refractivity contribution is 0.00578. The Morgan fingerprint density at radius 3 is 2.48 bits per heavy atom. The molecule has 0 saturated carbocycles. The van der Waals surface area contributed by atoms with Gasteiger partial charge >= 0.3 is 7.12 Å². The Balaban J connectivity index is 2.17. The zero-order chi connectivity index (χ0) is 15.7. The first-order chi connectivity index (χ1) is 9.77. The number of nitrogens with two attached hydrogens (primary N) is 1. The summed E-state index contributed by atoms with van der Waals surface area (Å²) in [6.07, 6.45) is 4.62. The van der Waals surface area contributed by atoms with Crippen molar-refractivity contribution in [1.82, 2.24) is 4.98 Å². The SMILES string of the molecule is CCC(N)c1ncccc1/C=C/B1OC(C)(C)C(C)(C)O1. The topological polar surface area (TPSA) is 57.4 Å². The normalized spacial score (nSPS) is 21.9. The summed E-state index contributed by atoms with van der Waals surface area (Å²) in [6, 6.07) is 3.87. The average molecular weight is 288 g/mol. The van der Waals surface area contributed by atoms with Crippen molar-refractivity contribution in [2.45, 2.75) is 58.3 Å². The average Bonchev–Trinajstić information content (AvgIpc) is 2.64. The lowest BCUT2D eigenvalue weighted by atomic mass is 9.88. The van der Waals surface area contributed by atoms with Crippen LogP contribution in [0.2, 0.25) is 0 Å². The molecule has 0 bridgehead atoms. The molecule has 1 aliphatic rings. The van der Waals surface area contributed by atoms with Crippen LogP contribution < -0.4 is 5.73 Å². The molecule has 114 valence electrons. The van der Waals surface area contributed by atoms with Crippen molar-refractivity contribution in [2.75, 3.05) is 0 Å². The fourth-order valence-corrected chi connectivity index (χ4v) is 2.22. The van der Waals surface area contributed by atoms with Crippen molar-refractivity contribution in [3.8, 4) is 0 Å². The van der Waals surface area contributed by atoms with E-state index in [4.69, 9.17) is 15.0 Å². The third-order valence-corrected chi connectivity index (χ3v) is 4.37. The van der Waals surface area contributed by atoms with Crippen LogP contribution in [0.25, 0.3) is 6.08 Å². The zero-order valence-corrected chi connectivity index (χ0v) is 13.6. The number of nitrogens with zero attached hydrogens (tertiary/aromatic N) is 1. The maximum atomic E-state index is 6.11. The second-order valence-corrected chi connectivity index (χ2v) is 6.48. The van der Waals surface area contributed by atoms with Crippen molar-refractivity contribution in [3.05, 3.63) is 35.6 Å². The third kappa shape index (κ3) is 3.36. The van der Waals surface area contributed by atoms with Crippen LogP contribution in [0.1, 0.15) is 58.3 Å². The first-order valence-electron chi connectivity index (χ1n) is 7.51. The number of hydrogen-bond acceptors (Lipinski definition) is 4. The highest BCUT2D eigenvalue weighted by Gasteiger charge is 2.50. The standard InChI is InChI=1S/C16H25BN2O2/c1-6-13(18)14-12(8-7-11-19-14)9-10-17-20-15(2,3)16(4,5)21-17/h7-11,13H,6,18H2,1-5H3/b10-9+. The summed E-state index contributed by atoms with van der Waals surface area (Å²) < 4.78 is 11.9. The highest BCUT2D eigenvalue weighted by atomic mass is 16.7. The molecule has 0 spiro atoms. The summed E-state index contributed by atoms with van der Waals surface area (Å²) in [4.78, 5) is 4.39. The van der Waals surface area contributed by atoms with Gasteiger partial charge in [0.2, 0.25) is 0 Å². The van der Waals surface area contributed by atoms with Gasteiger partial charge in [-0.15, -0.1) is 0 Å². The highest BCUT2D eigenvalue weighted by molar-refractivity contribution is 6.52. The van der Waals surface area contributed by atoms with E-state index >= 15 is 0 Å². The Bertz CT molecular complexity index is 513. The first kappa shape index (κ1) is 16.2. The highest BCUT2D eigenvalue weighted by Crippen LogP contribution is 2.37. The van der Waals surface area contributed by atoms with E-state index in [1.54, 1.807) is 6.20 Å². The zero-order valence-electron chi connectivity index (χ0n) is 13.6. The molecule has 1 aromatic heterocycles. The second kappa shape index (κ2) is 5.91. The molecule has 0 aliphatic carbocycles.